The minimum Gasteiger partial charge on any atom is -0.352 e. The molecule has 0 aliphatic carbocycles. The van der Waals surface area contributed by atoms with Crippen LogP contribution in [0.5, 0.6) is 0 Å². The van der Waals surface area contributed by atoms with E-state index in [1.165, 1.54) is 5.56 Å². The summed E-state index contributed by atoms with van der Waals surface area (Å²) in [6, 6.07) is 23.1. The molecule has 2 aromatic carbocycles. The van der Waals surface area contributed by atoms with E-state index in [-0.39, 0.29) is 23.3 Å². The van der Waals surface area contributed by atoms with Crippen LogP contribution < -0.4 is 10.9 Å². The number of carbonyl (C=O) groups is 2. The first kappa shape index (κ1) is 23.5. The van der Waals surface area contributed by atoms with Crippen molar-refractivity contribution >= 4 is 11.8 Å². The first-order valence-corrected chi connectivity index (χ1v) is 11.9. The molecular formula is C28H31N3O3. The van der Waals surface area contributed by atoms with Crippen LogP contribution in [0.1, 0.15) is 36.0 Å². The maximum absolute atomic E-state index is 12.7. The minimum atomic E-state index is -0.0533. The van der Waals surface area contributed by atoms with Gasteiger partial charge in [0, 0.05) is 44.2 Å². The van der Waals surface area contributed by atoms with Crippen LogP contribution in [0.25, 0.3) is 0 Å². The second-order valence-corrected chi connectivity index (χ2v) is 8.84. The zero-order chi connectivity index (χ0) is 23.8. The zero-order valence-corrected chi connectivity index (χ0v) is 19.4. The van der Waals surface area contributed by atoms with E-state index in [0.29, 0.717) is 45.4 Å². The van der Waals surface area contributed by atoms with Gasteiger partial charge >= 0.3 is 0 Å². The summed E-state index contributed by atoms with van der Waals surface area (Å²) in [5.41, 5.74) is 3.20. The molecule has 1 N–H and O–H groups in total. The van der Waals surface area contributed by atoms with E-state index in [4.69, 9.17) is 0 Å². The summed E-state index contributed by atoms with van der Waals surface area (Å²) in [5.74, 6) is 0.166. The van der Waals surface area contributed by atoms with Crippen molar-refractivity contribution in [3.63, 3.8) is 0 Å². The second-order valence-electron chi connectivity index (χ2n) is 8.84. The molecule has 0 unspecified atom stereocenters. The first-order valence-electron chi connectivity index (χ1n) is 11.9. The number of nitrogens with zero attached hydrogens (tertiary/aromatic N) is 2. The first-order chi connectivity index (χ1) is 16.6. The number of benzene rings is 2. The quantitative estimate of drug-likeness (QED) is 0.564. The molecule has 3 aromatic rings. The van der Waals surface area contributed by atoms with Gasteiger partial charge in [0.15, 0.2) is 0 Å². The summed E-state index contributed by atoms with van der Waals surface area (Å²) in [5, 5.41) is 3.04. The van der Waals surface area contributed by atoms with Gasteiger partial charge in [-0.1, -0.05) is 60.7 Å². The molecule has 34 heavy (non-hydrogen) atoms. The monoisotopic (exact) mass is 457 g/mol. The summed E-state index contributed by atoms with van der Waals surface area (Å²) < 4.78 is 1.66. The maximum atomic E-state index is 12.7. The van der Waals surface area contributed by atoms with Crippen LogP contribution in [0, 0.1) is 5.92 Å². The molecule has 0 atom stereocenters. The van der Waals surface area contributed by atoms with E-state index in [2.05, 4.69) is 5.32 Å². The molecule has 6 heteroatoms. The van der Waals surface area contributed by atoms with Crippen molar-refractivity contribution in [3.05, 3.63) is 106 Å². The van der Waals surface area contributed by atoms with E-state index >= 15 is 0 Å². The number of hydrogen-bond donors (Lipinski definition) is 1. The topological polar surface area (TPSA) is 71.4 Å². The normalized spacial score (nSPS) is 14.1. The second kappa shape index (κ2) is 11.5. The number of aromatic nitrogens is 1. The Morgan fingerprint density at radius 2 is 1.50 bits per heavy atom. The molecule has 0 spiro atoms. The molecule has 1 fully saturated rings. The van der Waals surface area contributed by atoms with E-state index in [0.717, 1.165) is 17.5 Å². The highest BCUT2D eigenvalue weighted by Gasteiger charge is 2.26. The standard InChI is InChI=1S/C28H31N3O3/c32-26-8-4-5-17-31(26)21-24-11-9-23(10-12-24)20-29-28(34)25-15-18-30(19-16-25)27(33)14-13-22-6-2-1-3-7-22/h1-12,17,25H,13-16,18-21H2,(H,29,34). The lowest BCUT2D eigenvalue weighted by atomic mass is 9.95. The fraction of sp³-hybridized carbons (Fsp3) is 0.321. The fourth-order valence-electron chi connectivity index (χ4n) is 4.33. The van der Waals surface area contributed by atoms with E-state index < -0.39 is 0 Å². The van der Waals surface area contributed by atoms with Gasteiger partial charge in [0.25, 0.3) is 5.56 Å². The predicted molar refractivity (Wildman–Crippen MR) is 132 cm³/mol. The van der Waals surface area contributed by atoms with Gasteiger partial charge in [0.1, 0.15) is 0 Å². The van der Waals surface area contributed by atoms with Crippen LogP contribution in [0.15, 0.2) is 83.8 Å². The summed E-state index contributed by atoms with van der Waals surface area (Å²) in [6.45, 7) is 2.27. The highest BCUT2D eigenvalue weighted by atomic mass is 16.2. The molecule has 0 saturated carbocycles. The largest absolute Gasteiger partial charge is 0.352 e. The molecule has 0 bridgehead atoms. The molecule has 1 aromatic heterocycles. The Morgan fingerprint density at radius 3 is 2.21 bits per heavy atom. The van der Waals surface area contributed by atoms with Crippen molar-refractivity contribution in [2.24, 2.45) is 5.92 Å². The van der Waals surface area contributed by atoms with Crippen LogP contribution in [0.3, 0.4) is 0 Å². The van der Waals surface area contributed by atoms with E-state index in [1.54, 1.807) is 22.9 Å². The van der Waals surface area contributed by atoms with Crippen LogP contribution >= 0.6 is 0 Å². The maximum Gasteiger partial charge on any atom is 0.250 e. The average Bonchev–Trinajstić information content (AvgIpc) is 2.88. The molecule has 1 aliphatic rings. The number of rotatable bonds is 8. The van der Waals surface area contributed by atoms with Gasteiger partial charge in [0.2, 0.25) is 11.8 Å². The minimum absolute atomic E-state index is 0.0252. The van der Waals surface area contributed by atoms with Gasteiger partial charge in [-0.25, -0.2) is 0 Å². The summed E-state index contributed by atoms with van der Waals surface area (Å²) in [7, 11) is 0. The van der Waals surface area contributed by atoms with Crippen molar-refractivity contribution < 1.29 is 9.59 Å². The number of likely N-dealkylation sites (tertiary alicyclic amines) is 1. The van der Waals surface area contributed by atoms with Crippen molar-refractivity contribution in [2.75, 3.05) is 13.1 Å². The summed E-state index contributed by atoms with van der Waals surface area (Å²) in [6.07, 6.45) is 4.44. The molecule has 1 aliphatic heterocycles. The average molecular weight is 458 g/mol. The fourth-order valence-corrected chi connectivity index (χ4v) is 4.33. The Balaban J connectivity index is 1.19. The molecular weight excluding hydrogens is 426 g/mol. The third kappa shape index (κ3) is 6.44. The summed E-state index contributed by atoms with van der Waals surface area (Å²) in [4.78, 5) is 38.9. The van der Waals surface area contributed by atoms with Crippen molar-refractivity contribution in [1.82, 2.24) is 14.8 Å². The van der Waals surface area contributed by atoms with Crippen LogP contribution in [0.2, 0.25) is 0 Å². The number of nitrogens with one attached hydrogen (secondary N) is 1. The Labute approximate surface area is 200 Å². The van der Waals surface area contributed by atoms with Crippen LogP contribution in [0.4, 0.5) is 0 Å². The van der Waals surface area contributed by atoms with Crippen molar-refractivity contribution in [2.45, 2.75) is 38.8 Å². The lowest BCUT2D eigenvalue weighted by molar-refractivity contribution is -0.135. The lowest BCUT2D eigenvalue weighted by Crippen LogP contribution is -2.43. The van der Waals surface area contributed by atoms with Gasteiger partial charge in [-0.05, 0) is 42.0 Å². The third-order valence-electron chi connectivity index (χ3n) is 6.43. The predicted octanol–water partition coefficient (Wildman–Crippen LogP) is 3.38. The van der Waals surface area contributed by atoms with Gasteiger partial charge < -0.3 is 14.8 Å². The SMILES string of the molecule is O=C(NCc1ccc(Cn2ccccc2=O)cc1)C1CCN(C(=O)CCc2ccccc2)CC1. The van der Waals surface area contributed by atoms with Gasteiger partial charge in [0.05, 0.1) is 6.54 Å². The van der Waals surface area contributed by atoms with E-state index in [9.17, 15) is 14.4 Å². The van der Waals surface area contributed by atoms with Gasteiger partial charge in [-0.2, -0.15) is 0 Å². The smallest absolute Gasteiger partial charge is 0.250 e. The zero-order valence-electron chi connectivity index (χ0n) is 19.4. The van der Waals surface area contributed by atoms with Crippen LogP contribution in [-0.4, -0.2) is 34.4 Å². The number of carbonyl (C=O) groups excluding carboxylic acids is 2. The Kier molecular flexibility index (Phi) is 7.91. The number of pyridine rings is 1. The highest BCUT2D eigenvalue weighted by Crippen LogP contribution is 2.19. The molecule has 2 heterocycles. The van der Waals surface area contributed by atoms with Crippen molar-refractivity contribution in [3.8, 4) is 0 Å². The number of amides is 2. The summed E-state index contributed by atoms with van der Waals surface area (Å²) >= 11 is 0. The third-order valence-corrected chi connectivity index (χ3v) is 6.43. The molecule has 1 saturated heterocycles. The molecule has 176 valence electrons. The van der Waals surface area contributed by atoms with E-state index in [1.807, 2.05) is 65.6 Å². The number of piperidine rings is 1. The molecule has 6 nitrogen and oxygen atoms in total. The lowest BCUT2D eigenvalue weighted by Gasteiger charge is -2.31. The number of hydrogen-bond acceptors (Lipinski definition) is 3. The Hall–Kier alpha value is -3.67. The molecule has 4 rings (SSSR count). The van der Waals surface area contributed by atoms with Crippen LogP contribution in [-0.2, 0) is 29.1 Å². The van der Waals surface area contributed by atoms with Gasteiger partial charge in [-0.3, -0.25) is 14.4 Å². The van der Waals surface area contributed by atoms with Gasteiger partial charge in [-0.15, -0.1) is 0 Å². The Morgan fingerprint density at radius 1 is 0.824 bits per heavy atom. The Bertz CT molecular complexity index is 1150. The number of aryl methyl sites for hydroxylation is 1. The molecule has 2 amide bonds. The highest BCUT2D eigenvalue weighted by molar-refractivity contribution is 5.80. The van der Waals surface area contributed by atoms with Crippen molar-refractivity contribution in [1.29, 1.82) is 0 Å². The molecule has 0 radical (unpaired) electrons.